The van der Waals surface area contributed by atoms with E-state index in [-0.39, 0.29) is 11.8 Å². The molecule has 0 aliphatic carbocycles. The molecular formula is C20H25N4O2+. The van der Waals surface area contributed by atoms with E-state index >= 15 is 0 Å². The van der Waals surface area contributed by atoms with Crippen LogP contribution in [0, 0.1) is 0 Å². The summed E-state index contributed by atoms with van der Waals surface area (Å²) in [6.45, 7) is 5.99. The summed E-state index contributed by atoms with van der Waals surface area (Å²) in [5, 5.41) is 2.73. The molecule has 0 saturated carbocycles. The van der Waals surface area contributed by atoms with Gasteiger partial charge in [0.1, 0.15) is 6.54 Å². The third-order valence-corrected chi connectivity index (χ3v) is 4.66. The van der Waals surface area contributed by atoms with Crippen molar-refractivity contribution in [2.75, 3.05) is 31.5 Å². The van der Waals surface area contributed by atoms with E-state index in [9.17, 15) is 9.59 Å². The number of nitrogens with zero attached hydrogens (tertiary/aromatic N) is 2. The molecule has 1 aromatic heterocycles. The average Bonchev–Trinajstić information content (AvgIpc) is 2.64. The predicted octanol–water partition coefficient (Wildman–Crippen LogP) is 0.510. The third kappa shape index (κ3) is 5.13. The SMILES string of the molecule is CC(=O)Nc1ccc(CC(=O)N2CC[NH+](Cc3ccncc3)CC2)cc1. The Bertz CT molecular complexity index is 738. The van der Waals surface area contributed by atoms with Crippen LogP contribution in [0.15, 0.2) is 48.8 Å². The third-order valence-electron chi connectivity index (χ3n) is 4.66. The molecule has 0 spiro atoms. The molecule has 6 nitrogen and oxygen atoms in total. The Morgan fingerprint density at radius 2 is 1.69 bits per heavy atom. The predicted molar refractivity (Wildman–Crippen MR) is 99.7 cm³/mol. The molecule has 1 saturated heterocycles. The summed E-state index contributed by atoms with van der Waals surface area (Å²) < 4.78 is 0. The van der Waals surface area contributed by atoms with E-state index in [1.165, 1.54) is 17.4 Å². The number of piperazine rings is 1. The maximum absolute atomic E-state index is 12.5. The molecule has 3 rings (SSSR count). The number of quaternary nitrogens is 1. The van der Waals surface area contributed by atoms with E-state index < -0.39 is 0 Å². The van der Waals surface area contributed by atoms with Crippen molar-refractivity contribution in [3.63, 3.8) is 0 Å². The normalized spacial score (nSPS) is 14.9. The first-order chi connectivity index (χ1) is 12.6. The molecule has 6 heteroatoms. The average molecular weight is 353 g/mol. The van der Waals surface area contributed by atoms with Gasteiger partial charge < -0.3 is 15.1 Å². The minimum atomic E-state index is -0.0963. The van der Waals surface area contributed by atoms with Crippen molar-refractivity contribution in [2.24, 2.45) is 0 Å². The number of amides is 2. The van der Waals surface area contributed by atoms with Crippen LogP contribution in [0.4, 0.5) is 5.69 Å². The van der Waals surface area contributed by atoms with Crippen molar-refractivity contribution in [2.45, 2.75) is 19.9 Å². The van der Waals surface area contributed by atoms with Gasteiger partial charge in [-0.2, -0.15) is 0 Å². The zero-order valence-electron chi connectivity index (χ0n) is 15.1. The van der Waals surface area contributed by atoms with E-state index in [0.29, 0.717) is 6.42 Å². The smallest absolute Gasteiger partial charge is 0.227 e. The van der Waals surface area contributed by atoms with Gasteiger partial charge in [-0.1, -0.05) is 12.1 Å². The van der Waals surface area contributed by atoms with Gasteiger partial charge in [0.15, 0.2) is 0 Å². The number of hydrogen-bond donors (Lipinski definition) is 2. The molecule has 26 heavy (non-hydrogen) atoms. The van der Waals surface area contributed by atoms with Crippen LogP contribution in [-0.2, 0) is 22.6 Å². The van der Waals surface area contributed by atoms with E-state index in [1.807, 2.05) is 41.6 Å². The largest absolute Gasteiger partial charge is 0.331 e. The molecule has 2 N–H and O–H groups in total. The monoisotopic (exact) mass is 353 g/mol. The highest BCUT2D eigenvalue weighted by Gasteiger charge is 2.23. The van der Waals surface area contributed by atoms with Gasteiger partial charge in [-0.25, -0.2) is 0 Å². The highest BCUT2D eigenvalue weighted by Crippen LogP contribution is 2.11. The summed E-state index contributed by atoms with van der Waals surface area (Å²) in [6.07, 6.45) is 4.05. The Kier molecular flexibility index (Phi) is 5.96. The minimum absolute atomic E-state index is 0.0963. The highest BCUT2D eigenvalue weighted by atomic mass is 16.2. The second kappa shape index (κ2) is 8.58. The van der Waals surface area contributed by atoms with Crippen molar-refractivity contribution >= 4 is 17.5 Å². The van der Waals surface area contributed by atoms with E-state index in [0.717, 1.165) is 44.0 Å². The number of carbonyl (C=O) groups is 2. The van der Waals surface area contributed by atoms with Gasteiger partial charge in [0, 0.05) is 30.6 Å². The van der Waals surface area contributed by atoms with Crippen LogP contribution in [0.2, 0.25) is 0 Å². The van der Waals surface area contributed by atoms with Crippen molar-refractivity contribution < 1.29 is 14.5 Å². The second-order valence-corrected chi connectivity index (χ2v) is 6.72. The van der Waals surface area contributed by atoms with Gasteiger partial charge in [-0.05, 0) is 29.8 Å². The molecule has 1 fully saturated rings. The number of nitrogens with one attached hydrogen (secondary N) is 2. The molecular weight excluding hydrogens is 328 g/mol. The van der Waals surface area contributed by atoms with E-state index in [1.54, 1.807) is 0 Å². The van der Waals surface area contributed by atoms with Gasteiger partial charge in [-0.3, -0.25) is 14.6 Å². The minimum Gasteiger partial charge on any atom is -0.331 e. The number of pyridine rings is 1. The van der Waals surface area contributed by atoms with E-state index in [2.05, 4.69) is 22.4 Å². The van der Waals surface area contributed by atoms with Gasteiger partial charge in [-0.15, -0.1) is 0 Å². The topological polar surface area (TPSA) is 66.7 Å². The van der Waals surface area contributed by atoms with Crippen LogP contribution in [0.5, 0.6) is 0 Å². The lowest BCUT2D eigenvalue weighted by Gasteiger charge is -2.32. The molecule has 1 aromatic carbocycles. The molecule has 0 radical (unpaired) electrons. The molecule has 136 valence electrons. The maximum atomic E-state index is 12.5. The summed E-state index contributed by atoms with van der Waals surface area (Å²) in [5.74, 6) is 0.0706. The lowest BCUT2D eigenvalue weighted by molar-refractivity contribution is -0.917. The van der Waals surface area contributed by atoms with Crippen LogP contribution in [0.3, 0.4) is 0 Å². The Morgan fingerprint density at radius 1 is 1.04 bits per heavy atom. The molecule has 1 aliphatic heterocycles. The molecule has 0 unspecified atom stereocenters. The fourth-order valence-electron chi connectivity index (χ4n) is 3.23. The first kappa shape index (κ1) is 18.1. The molecule has 0 bridgehead atoms. The zero-order chi connectivity index (χ0) is 18.4. The Morgan fingerprint density at radius 3 is 2.31 bits per heavy atom. The molecule has 2 heterocycles. The summed E-state index contributed by atoms with van der Waals surface area (Å²) in [6, 6.07) is 11.6. The molecule has 0 atom stereocenters. The Balaban J connectivity index is 1.47. The number of aromatic nitrogens is 1. The Labute approximate surface area is 153 Å². The number of benzene rings is 1. The lowest BCUT2D eigenvalue weighted by atomic mass is 10.1. The van der Waals surface area contributed by atoms with Crippen molar-refractivity contribution in [1.82, 2.24) is 9.88 Å². The van der Waals surface area contributed by atoms with Gasteiger partial charge in [0.2, 0.25) is 11.8 Å². The van der Waals surface area contributed by atoms with Crippen molar-refractivity contribution in [1.29, 1.82) is 0 Å². The van der Waals surface area contributed by atoms with Crippen LogP contribution >= 0.6 is 0 Å². The van der Waals surface area contributed by atoms with Gasteiger partial charge >= 0.3 is 0 Å². The number of rotatable bonds is 5. The highest BCUT2D eigenvalue weighted by molar-refractivity contribution is 5.88. The summed E-state index contributed by atoms with van der Waals surface area (Å²) in [4.78, 5) is 31.1. The van der Waals surface area contributed by atoms with Crippen molar-refractivity contribution in [3.8, 4) is 0 Å². The van der Waals surface area contributed by atoms with Crippen LogP contribution < -0.4 is 10.2 Å². The number of anilines is 1. The number of carbonyl (C=O) groups excluding carboxylic acids is 2. The summed E-state index contributed by atoms with van der Waals surface area (Å²) in [5.41, 5.74) is 3.01. The van der Waals surface area contributed by atoms with Gasteiger partial charge in [0.25, 0.3) is 0 Å². The standard InChI is InChI=1S/C20H24N4O2/c1-16(25)22-19-4-2-17(3-5-19)14-20(26)24-12-10-23(11-13-24)15-18-6-8-21-9-7-18/h2-9H,10-15H2,1H3,(H,22,25)/p+1. The number of hydrogen-bond acceptors (Lipinski definition) is 3. The van der Waals surface area contributed by atoms with Crippen LogP contribution in [-0.4, -0.2) is 47.9 Å². The second-order valence-electron chi connectivity index (χ2n) is 6.72. The van der Waals surface area contributed by atoms with E-state index in [4.69, 9.17) is 0 Å². The van der Waals surface area contributed by atoms with Crippen molar-refractivity contribution in [3.05, 3.63) is 59.9 Å². The molecule has 2 aromatic rings. The first-order valence-corrected chi connectivity index (χ1v) is 8.97. The first-order valence-electron chi connectivity index (χ1n) is 8.97. The molecule has 2 amide bonds. The summed E-state index contributed by atoms with van der Waals surface area (Å²) in [7, 11) is 0. The molecule has 1 aliphatic rings. The lowest BCUT2D eigenvalue weighted by Crippen LogP contribution is -3.13. The fourth-order valence-corrected chi connectivity index (χ4v) is 3.23. The fraction of sp³-hybridized carbons (Fsp3) is 0.350. The maximum Gasteiger partial charge on any atom is 0.227 e. The van der Waals surface area contributed by atoms with Crippen LogP contribution in [0.1, 0.15) is 18.1 Å². The van der Waals surface area contributed by atoms with Gasteiger partial charge in [0.05, 0.1) is 32.6 Å². The Hall–Kier alpha value is -2.73. The quantitative estimate of drug-likeness (QED) is 0.823. The van der Waals surface area contributed by atoms with Crippen LogP contribution in [0.25, 0.3) is 0 Å². The zero-order valence-corrected chi connectivity index (χ0v) is 15.1. The summed E-state index contributed by atoms with van der Waals surface area (Å²) >= 11 is 0.